The van der Waals surface area contributed by atoms with Crippen LogP contribution in [-0.2, 0) is 13.2 Å². The third-order valence-corrected chi connectivity index (χ3v) is 5.29. The molecule has 0 unspecified atom stereocenters. The van der Waals surface area contributed by atoms with E-state index in [1.54, 1.807) is 6.92 Å². The van der Waals surface area contributed by atoms with Crippen molar-refractivity contribution in [1.82, 2.24) is 14.9 Å². The Hall–Kier alpha value is -4.22. The fourth-order valence-corrected chi connectivity index (χ4v) is 3.57. The molecule has 4 aromatic rings. The minimum absolute atomic E-state index is 0.000487. The van der Waals surface area contributed by atoms with E-state index in [2.05, 4.69) is 15.6 Å². The summed E-state index contributed by atoms with van der Waals surface area (Å²) in [4.78, 5) is 12.8. The number of nitrogens with zero attached hydrogens (tertiary/aromatic N) is 3. The summed E-state index contributed by atoms with van der Waals surface area (Å²) in [6, 6.07) is 5.67. The Morgan fingerprint density at radius 3 is 2.19 bits per heavy atom. The number of nitrogens with one attached hydrogen (secondary N) is 1. The number of ether oxygens (including phenoxy) is 1. The zero-order chi connectivity index (χ0) is 26.1. The van der Waals surface area contributed by atoms with Crippen molar-refractivity contribution in [1.29, 1.82) is 0 Å². The van der Waals surface area contributed by atoms with Gasteiger partial charge in [-0.2, -0.15) is 5.10 Å². The van der Waals surface area contributed by atoms with Crippen molar-refractivity contribution in [2.75, 3.05) is 5.32 Å². The summed E-state index contributed by atoms with van der Waals surface area (Å²) in [5.74, 6) is -9.98. The van der Waals surface area contributed by atoms with Gasteiger partial charge in [0.1, 0.15) is 18.1 Å². The average Bonchev–Trinajstić information content (AvgIpc) is 3.43. The minimum atomic E-state index is -2.25. The standard InChI is InChI=1S/C24H19F5N4O3/c1-11-4-12(2)6-15(5-11)35-10-17-13(3)36-32-23(17)24(34)31-14-7-30-33(8-14)9-16-18(25)20(27)22(29)21(28)19(16)26/h4-8H,9-10H2,1-3H3,(H,31,34). The number of amides is 1. The molecule has 2 aromatic carbocycles. The zero-order valence-electron chi connectivity index (χ0n) is 19.3. The van der Waals surface area contributed by atoms with Crippen LogP contribution < -0.4 is 10.1 Å². The molecule has 2 aromatic heterocycles. The van der Waals surface area contributed by atoms with Crippen molar-refractivity contribution in [2.24, 2.45) is 0 Å². The zero-order valence-corrected chi connectivity index (χ0v) is 19.3. The van der Waals surface area contributed by atoms with E-state index in [-0.39, 0.29) is 18.0 Å². The van der Waals surface area contributed by atoms with Gasteiger partial charge in [-0.05, 0) is 44.0 Å². The van der Waals surface area contributed by atoms with Crippen LogP contribution in [0.15, 0.2) is 35.1 Å². The van der Waals surface area contributed by atoms with Gasteiger partial charge in [-0.1, -0.05) is 11.2 Å². The molecule has 4 rings (SSSR count). The predicted octanol–water partition coefficient (Wildman–Crippen LogP) is 5.37. The molecular weight excluding hydrogens is 487 g/mol. The Morgan fingerprint density at radius 1 is 0.944 bits per heavy atom. The van der Waals surface area contributed by atoms with Crippen molar-refractivity contribution >= 4 is 11.6 Å². The van der Waals surface area contributed by atoms with E-state index in [1.807, 2.05) is 32.0 Å². The second-order valence-electron chi connectivity index (χ2n) is 8.11. The van der Waals surface area contributed by atoms with Gasteiger partial charge < -0.3 is 14.6 Å². The van der Waals surface area contributed by atoms with E-state index < -0.39 is 47.1 Å². The Kier molecular flexibility index (Phi) is 6.77. The van der Waals surface area contributed by atoms with Crippen molar-refractivity contribution in [3.63, 3.8) is 0 Å². The van der Waals surface area contributed by atoms with Crippen LogP contribution in [0.25, 0.3) is 0 Å². The maximum Gasteiger partial charge on any atom is 0.278 e. The third-order valence-electron chi connectivity index (χ3n) is 5.29. The van der Waals surface area contributed by atoms with Gasteiger partial charge in [0.05, 0.1) is 29.6 Å². The van der Waals surface area contributed by atoms with Crippen LogP contribution in [0.3, 0.4) is 0 Å². The number of hydrogen-bond donors (Lipinski definition) is 1. The maximum absolute atomic E-state index is 14.0. The molecule has 0 atom stereocenters. The van der Waals surface area contributed by atoms with Gasteiger partial charge in [-0.15, -0.1) is 0 Å². The summed E-state index contributed by atoms with van der Waals surface area (Å²) in [7, 11) is 0. The molecular formula is C24H19F5N4O3. The molecule has 0 aliphatic heterocycles. The lowest BCUT2D eigenvalue weighted by Gasteiger charge is -2.09. The topological polar surface area (TPSA) is 82.2 Å². The number of carbonyl (C=O) groups excluding carboxylic acids is 1. The van der Waals surface area contributed by atoms with E-state index in [4.69, 9.17) is 9.26 Å². The first-order valence-corrected chi connectivity index (χ1v) is 10.6. The lowest BCUT2D eigenvalue weighted by molar-refractivity contribution is 0.101. The molecule has 0 bridgehead atoms. The molecule has 0 saturated heterocycles. The monoisotopic (exact) mass is 506 g/mol. The lowest BCUT2D eigenvalue weighted by atomic mass is 10.1. The Bertz CT molecular complexity index is 1420. The number of hydrogen-bond acceptors (Lipinski definition) is 5. The number of aryl methyl sites for hydroxylation is 3. The predicted molar refractivity (Wildman–Crippen MR) is 117 cm³/mol. The molecule has 12 heteroatoms. The fraction of sp³-hybridized carbons (Fsp3) is 0.208. The first kappa shape index (κ1) is 24.9. The number of anilines is 1. The summed E-state index contributed by atoms with van der Waals surface area (Å²) in [5.41, 5.74) is 1.39. The van der Waals surface area contributed by atoms with Gasteiger partial charge in [-0.3, -0.25) is 9.48 Å². The Labute approximate surface area is 201 Å². The second kappa shape index (κ2) is 9.80. The molecule has 188 valence electrons. The van der Waals surface area contributed by atoms with Crippen molar-refractivity contribution in [2.45, 2.75) is 33.9 Å². The highest BCUT2D eigenvalue weighted by molar-refractivity contribution is 6.03. The van der Waals surface area contributed by atoms with Crippen LogP contribution in [0, 0.1) is 49.9 Å². The van der Waals surface area contributed by atoms with Gasteiger partial charge in [0.15, 0.2) is 29.0 Å². The molecule has 36 heavy (non-hydrogen) atoms. The van der Waals surface area contributed by atoms with Gasteiger partial charge in [-0.25, -0.2) is 22.0 Å². The van der Waals surface area contributed by atoms with Crippen molar-refractivity contribution in [3.8, 4) is 5.75 Å². The highest BCUT2D eigenvalue weighted by Crippen LogP contribution is 2.25. The number of benzene rings is 2. The summed E-state index contributed by atoms with van der Waals surface area (Å²) in [6.07, 6.45) is 2.30. The Balaban J connectivity index is 1.48. The normalized spacial score (nSPS) is 11.1. The summed E-state index contributed by atoms with van der Waals surface area (Å²) >= 11 is 0. The molecule has 0 saturated carbocycles. The quantitative estimate of drug-likeness (QED) is 0.207. The molecule has 0 spiro atoms. The largest absolute Gasteiger partial charge is 0.489 e. The van der Waals surface area contributed by atoms with Gasteiger partial charge >= 0.3 is 0 Å². The van der Waals surface area contributed by atoms with E-state index >= 15 is 0 Å². The first-order chi connectivity index (χ1) is 17.0. The molecule has 7 nitrogen and oxygen atoms in total. The highest BCUT2D eigenvalue weighted by atomic mass is 19.2. The Morgan fingerprint density at radius 2 is 1.56 bits per heavy atom. The van der Waals surface area contributed by atoms with E-state index in [0.717, 1.165) is 28.2 Å². The molecule has 0 aliphatic rings. The molecule has 1 amide bonds. The van der Waals surface area contributed by atoms with E-state index in [1.165, 1.54) is 0 Å². The van der Waals surface area contributed by atoms with Crippen LogP contribution in [0.5, 0.6) is 5.75 Å². The van der Waals surface area contributed by atoms with Crippen LogP contribution in [0.2, 0.25) is 0 Å². The molecule has 2 heterocycles. The first-order valence-electron chi connectivity index (χ1n) is 10.6. The van der Waals surface area contributed by atoms with Crippen LogP contribution in [-0.4, -0.2) is 20.8 Å². The molecule has 0 aliphatic carbocycles. The smallest absolute Gasteiger partial charge is 0.278 e. The minimum Gasteiger partial charge on any atom is -0.489 e. The maximum atomic E-state index is 14.0. The summed E-state index contributed by atoms with van der Waals surface area (Å²) < 4.78 is 79.9. The summed E-state index contributed by atoms with van der Waals surface area (Å²) in [5, 5.41) is 10.1. The van der Waals surface area contributed by atoms with Gasteiger partial charge in [0.2, 0.25) is 5.82 Å². The van der Waals surface area contributed by atoms with Crippen LogP contribution in [0.1, 0.15) is 38.5 Å². The van der Waals surface area contributed by atoms with Crippen molar-refractivity contribution in [3.05, 3.63) is 93.4 Å². The second-order valence-corrected chi connectivity index (χ2v) is 8.11. The highest BCUT2D eigenvalue weighted by Gasteiger charge is 2.26. The number of halogens is 5. The molecule has 0 fully saturated rings. The average molecular weight is 506 g/mol. The van der Waals surface area contributed by atoms with Crippen molar-refractivity contribution < 1.29 is 36.0 Å². The van der Waals surface area contributed by atoms with Gasteiger partial charge in [0, 0.05) is 6.20 Å². The van der Waals surface area contributed by atoms with E-state index in [9.17, 15) is 26.7 Å². The number of rotatable bonds is 7. The van der Waals surface area contributed by atoms with Gasteiger partial charge in [0.25, 0.3) is 5.91 Å². The SMILES string of the molecule is Cc1cc(C)cc(OCc2c(C(=O)Nc3cnn(Cc4c(F)c(F)c(F)c(F)c4F)c3)noc2C)c1. The molecule has 1 N–H and O–H groups in total. The fourth-order valence-electron chi connectivity index (χ4n) is 3.57. The number of carbonyl (C=O) groups is 1. The van der Waals surface area contributed by atoms with Crippen LogP contribution in [0.4, 0.5) is 27.6 Å². The molecule has 0 radical (unpaired) electrons. The van der Waals surface area contributed by atoms with E-state index in [0.29, 0.717) is 17.1 Å². The number of aromatic nitrogens is 3. The summed E-state index contributed by atoms with van der Waals surface area (Å²) in [6.45, 7) is 4.71. The lowest BCUT2D eigenvalue weighted by Crippen LogP contribution is -2.15. The van der Waals surface area contributed by atoms with Crippen LogP contribution >= 0.6 is 0 Å². The third kappa shape index (κ3) is 4.92.